The molecule has 23 heavy (non-hydrogen) atoms. The number of likely N-dealkylation sites (N-methyl/N-ethyl adjacent to an activating group) is 1. The van der Waals surface area contributed by atoms with Gasteiger partial charge in [0.15, 0.2) is 0 Å². The Morgan fingerprint density at radius 3 is 2.52 bits per heavy atom. The van der Waals surface area contributed by atoms with Gasteiger partial charge in [-0.2, -0.15) is 5.10 Å². The lowest BCUT2D eigenvalue weighted by Gasteiger charge is -2.33. The first kappa shape index (κ1) is 14.1. The largest absolute Gasteiger partial charge is 0.353 e. The highest BCUT2D eigenvalue weighted by Gasteiger charge is 2.18. The molecule has 118 valence electrons. The lowest BCUT2D eigenvalue weighted by Crippen LogP contribution is -2.44. The van der Waals surface area contributed by atoms with Crippen molar-refractivity contribution in [1.82, 2.24) is 24.6 Å². The summed E-state index contributed by atoms with van der Waals surface area (Å²) in [4.78, 5) is 13.7. The smallest absolute Gasteiger partial charge is 0.139 e. The van der Waals surface area contributed by atoms with Crippen molar-refractivity contribution in [3.05, 3.63) is 36.9 Å². The Bertz CT molecular complexity index is 832. The van der Waals surface area contributed by atoms with Gasteiger partial charge in [0, 0.05) is 50.4 Å². The number of nitrogens with zero attached hydrogens (tertiary/aromatic N) is 6. The molecule has 1 saturated heterocycles. The summed E-state index contributed by atoms with van der Waals surface area (Å²) < 4.78 is 1.82. The summed E-state index contributed by atoms with van der Waals surface area (Å²) in [5.74, 6) is 1.04. The van der Waals surface area contributed by atoms with Crippen LogP contribution in [0.3, 0.4) is 0 Å². The van der Waals surface area contributed by atoms with E-state index in [1.165, 1.54) is 0 Å². The van der Waals surface area contributed by atoms with Crippen molar-refractivity contribution in [3.8, 4) is 11.1 Å². The van der Waals surface area contributed by atoms with Gasteiger partial charge in [-0.25, -0.2) is 9.97 Å². The molecule has 0 bridgehead atoms. The highest BCUT2D eigenvalue weighted by molar-refractivity contribution is 5.92. The first-order valence-electron chi connectivity index (χ1n) is 7.88. The number of rotatable bonds is 2. The van der Waals surface area contributed by atoms with E-state index in [4.69, 9.17) is 0 Å². The molecule has 0 aliphatic carbocycles. The number of aromatic nitrogens is 4. The molecule has 2 aromatic heterocycles. The minimum atomic E-state index is 0.988. The molecule has 0 N–H and O–H groups in total. The van der Waals surface area contributed by atoms with Gasteiger partial charge in [0.25, 0.3) is 0 Å². The molecule has 4 rings (SSSR count). The van der Waals surface area contributed by atoms with Crippen molar-refractivity contribution in [3.63, 3.8) is 0 Å². The van der Waals surface area contributed by atoms with Crippen LogP contribution in [0.1, 0.15) is 0 Å². The van der Waals surface area contributed by atoms with Crippen molar-refractivity contribution in [2.45, 2.75) is 0 Å². The van der Waals surface area contributed by atoms with Gasteiger partial charge in [-0.05, 0) is 24.7 Å². The van der Waals surface area contributed by atoms with E-state index >= 15 is 0 Å². The maximum absolute atomic E-state index is 4.57. The second-order valence-corrected chi connectivity index (χ2v) is 6.12. The molecular formula is C17H20N6. The normalized spacial score (nSPS) is 16.2. The third-order valence-electron chi connectivity index (χ3n) is 4.46. The number of piperazine rings is 1. The zero-order valence-corrected chi connectivity index (χ0v) is 13.5. The van der Waals surface area contributed by atoms with E-state index in [0.29, 0.717) is 0 Å². The number of benzene rings is 1. The van der Waals surface area contributed by atoms with Crippen molar-refractivity contribution >= 4 is 16.7 Å². The number of aryl methyl sites for hydroxylation is 1. The van der Waals surface area contributed by atoms with Gasteiger partial charge in [-0.1, -0.05) is 6.07 Å². The molecule has 3 heterocycles. The van der Waals surface area contributed by atoms with Gasteiger partial charge in [0.1, 0.15) is 12.1 Å². The van der Waals surface area contributed by atoms with Gasteiger partial charge < -0.3 is 9.80 Å². The predicted molar refractivity (Wildman–Crippen MR) is 91.5 cm³/mol. The van der Waals surface area contributed by atoms with Gasteiger partial charge in [-0.15, -0.1) is 0 Å². The number of fused-ring (bicyclic) bond motifs is 1. The first-order valence-corrected chi connectivity index (χ1v) is 7.88. The number of anilines is 1. The fraction of sp³-hybridized carbons (Fsp3) is 0.353. The Labute approximate surface area is 135 Å². The standard InChI is InChI=1S/C17H20N6/c1-21-5-7-23(8-6-21)17-15-9-13(14-10-20-22(2)11-14)3-4-16(15)18-12-19-17/h3-4,9-12H,5-8H2,1-2H3. The second-order valence-electron chi connectivity index (χ2n) is 6.12. The van der Waals surface area contributed by atoms with E-state index in [1.807, 2.05) is 24.1 Å². The molecule has 0 atom stereocenters. The van der Waals surface area contributed by atoms with E-state index in [9.17, 15) is 0 Å². The van der Waals surface area contributed by atoms with E-state index in [0.717, 1.165) is 54.0 Å². The van der Waals surface area contributed by atoms with E-state index in [-0.39, 0.29) is 0 Å². The number of hydrogen-bond acceptors (Lipinski definition) is 5. The van der Waals surface area contributed by atoms with E-state index in [2.05, 4.69) is 50.1 Å². The zero-order valence-electron chi connectivity index (χ0n) is 13.5. The van der Waals surface area contributed by atoms with Crippen molar-refractivity contribution < 1.29 is 0 Å². The van der Waals surface area contributed by atoms with Crippen LogP contribution in [0.2, 0.25) is 0 Å². The summed E-state index contributed by atoms with van der Waals surface area (Å²) >= 11 is 0. The minimum Gasteiger partial charge on any atom is -0.353 e. The van der Waals surface area contributed by atoms with Crippen LogP contribution in [-0.2, 0) is 7.05 Å². The average molecular weight is 308 g/mol. The zero-order chi connectivity index (χ0) is 15.8. The molecule has 3 aromatic rings. The van der Waals surface area contributed by atoms with Crippen LogP contribution in [0.5, 0.6) is 0 Å². The average Bonchev–Trinajstić information content (AvgIpc) is 3.01. The molecule has 0 amide bonds. The molecule has 0 radical (unpaired) electrons. The Kier molecular flexibility index (Phi) is 3.46. The van der Waals surface area contributed by atoms with Crippen LogP contribution in [0, 0.1) is 0 Å². The van der Waals surface area contributed by atoms with Crippen LogP contribution in [0.15, 0.2) is 36.9 Å². The molecule has 0 spiro atoms. The molecule has 0 unspecified atom stereocenters. The monoisotopic (exact) mass is 308 g/mol. The molecule has 6 nitrogen and oxygen atoms in total. The van der Waals surface area contributed by atoms with Crippen LogP contribution >= 0.6 is 0 Å². The lowest BCUT2D eigenvalue weighted by molar-refractivity contribution is 0.312. The summed E-state index contributed by atoms with van der Waals surface area (Å²) in [5.41, 5.74) is 3.25. The minimum absolute atomic E-state index is 0.988. The Hall–Kier alpha value is -2.47. The Morgan fingerprint density at radius 1 is 0.957 bits per heavy atom. The fourth-order valence-corrected chi connectivity index (χ4v) is 3.06. The summed E-state index contributed by atoms with van der Waals surface area (Å²) in [6.07, 6.45) is 5.58. The fourth-order valence-electron chi connectivity index (χ4n) is 3.06. The van der Waals surface area contributed by atoms with Crippen molar-refractivity contribution in [1.29, 1.82) is 0 Å². The van der Waals surface area contributed by atoms with Gasteiger partial charge in [0.05, 0.1) is 11.7 Å². The van der Waals surface area contributed by atoms with Crippen LogP contribution in [0.25, 0.3) is 22.0 Å². The van der Waals surface area contributed by atoms with Crippen molar-refractivity contribution in [2.24, 2.45) is 7.05 Å². The van der Waals surface area contributed by atoms with Crippen LogP contribution < -0.4 is 4.90 Å². The molecular weight excluding hydrogens is 288 g/mol. The Balaban J connectivity index is 1.78. The molecule has 6 heteroatoms. The lowest BCUT2D eigenvalue weighted by atomic mass is 10.1. The summed E-state index contributed by atoms with van der Waals surface area (Å²) in [6, 6.07) is 6.35. The maximum Gasteiger partial charge on any atom is 0.139 e. The summed E-state index contributed by atoms with van der Waals surface area (Å²) in [7, 11) is 4.10. The molecule has 1 aliphatic heterocycles. The van der Waals surface area contributed by atoms with E-state index in [1.54, 1.807) is 6.33 Å². The van der Waals surface area contributed by atoms with E-state index < -0.39 is 0 Å². The summed E-state index contributed by atoms with van der Waals surface area (Å²) in [6.45, 7) is 4.13. The molecule has 1 aliphatic rings. The van der Waals surface area contributed by atoms with Gasteiger partial charge in [0.2, 0.25) is 0 Å². The first-order chi connectivity index (χ1) is 11.2. The third kappa shape index (κ3) is 2.66. The molecule has 1 aromatic carbocycles. The highest BCUT2D eigenvalue weighted by Crippen LogP contribution is 2.28. The summed E-state index contributed by atoms with van der Waals surface area (Å²) in [5, 5.41) is 5.37. The maximum atomic E-state index is 4.57. The van der Waals surface area contributed by atoms with Gasteiger partial charge in [-0.3, -0.25) is 4.68 Å². The topological polar surface area (TPSA) is 50.1 Å². The predicted octanol–water partition coefficient (Wildman–Crippen LogP) is 1.78. The molecule has 0 saturated carbocycles. The van der Waals surface area contributed by atoms with Gasteiger partial charge >= 0.3 is 0 Å². The quantitative estimate of drug-likeness (QED) is 0.722. The van der Waals surface area contributed by atoms with Crippen LogP contribution in [0.4, 0.5) is 5.82 Å². The SMILES string of the molecule is CN1CCN(c2ncnc3ccc(-c4cnn(C)c4)cc23)CC1. The Morgan fingerprint density at radius 2 is 1.78 bits per heavy atom. The highest BCUT2D eigenvalue weighted by atomic mass is 15.3. The van der Waals surface area contributed by atoms with Crippen LogP contribution in [-0.4, -0.2) is 57.9 Å². The third-order valence-corrected chi connectivity index (χ3v) is 4.46. The second kappa shape index (κ2) is 5.62. The molecule has 1 fully saturated rings. The van der Waals surface area contributed by atoms with Crippen molar-refractivity contribution in [2.75, 3.05) is 38.1 Å². The number of hydrogen-bond donors (Lipinski definition) is 0.